The summed E-state index contributed by atoms with van der Waals surface area (Å²) < 4.78 is 24.9. The van der Waals surface area contributed by atoms with Gasteiger partial charge >= 0.3 is 0 Å². The molecule has 0 fully saturated rings. The summed E-state index contributed by atoms with van der Waals surface area (Å²) in [5.74, 6) is 3.07. The maximum Gasteiger partial charge on any atom is 0.161 e. The van der Waals surface area contributed by atoms with Gasteiger partial charge in [-0.05, 0) is 82.8 Å². The van der Waals surface area contributed by atoms with Crippen molar-refractivity contribution in [3.8, 4) is 40.2 Å². The molecule has 0 unspecified atom stereocenters. The average molecular weight is 642 g/mol. The quantitative estimate of drug-likeness (QED) is 0.153. The zero-order chi connectivity index (χ0) is 30.0. The van der Waals surface area contributed by atoms with Crippen LogP contribution in [0.5, 0.6) is 23.0 Å². The van der Waals surface area contributed by atoms with Gasteiger partial charge in [-0.1, -0.05) is 42.5 Å². The maximum atomic E-state index is 11.3. The molecule has 0 aromatic heterocycles. The van der Waals surface area contributed by atoms with Crippen LogP contribution in [0.1, 0.15) is 42.0 Å². The normalized spacial score (nSPS) is 11.9. The third-order valence-corrected chi connectivity index (χ3v) is 7.95. The third kappa shape index (κ3) is 8.16. The summed E-state index contributed by atoms with van der Waals surface area (Å²) in [7, 11) is 0. The fourth-order valence-corrected chi connectivity index (χ4v) is 5.38. The molecule has 0 radical (unpaired) electrons. The highest BCUT2D eigenvalue weighted by molar-refractivity contribution is 9.10. The molecule has 1 aliphatic heterocycles. The number of ether oxygens (including phenoxy) is 4. The van der Waals surface area contributed by atoms with Gasteiger partial charge < -0.3 is 29.1 Å². The number of hydrogen-bond acceptors (Lipinski definition) is 7. The lowest BCUT2D eigenvalue weighted by Crippen LogP contribution is -2.16. The van der Waals surface area contributed by atoms with Gasteiger partial charge in [0.05, 0.1) is 11.6 Å². The molecule has 0 bridgehead atoms. The van der Waals surface area contributed by atoms with Crippen LogP contribution in [-0.2, 0) is 24.6 Å². The molecule has 0 amide bonds. The minimum Gasteiger partial charge on any atom is -0.489 e. The molecule has 4 aromatic rings. The van der Waals surface area contributed by atoms with Crippen LogP contribution in [0.3, 0.4) is 0 Å². The minimum absolute atomic E-state index is 0.190. The highest BCUT2D eigenvalue weighted by Crippen LogP contribution is 2.38. The maximum absolute atomic E-state index is 11.3. The van der Waals surface area contributed by atoms with E-state index in [1.807, 2.05) is 66.7 Å². The summed E-state index contributed by atoms with van der Waals surface area (Å²) in [6, 6.07) is 27.5. The molecule has 1 aliphatic rings. The third-order valence-electron chi connectivity index (χ3n) is 7.01. The number of rotatable bonds is 13. The van der Waals surface area contributed by atoms with Gasteiger partial charge in [-0.3, -0.25) is 0 Å². The molecule has 0 spiro atoms. The molecule has 1 N–H and O–H groups in total. The van der Waals surface area contributed by atoms with Crippen LogP contribution in [0.15, 0.2) is 83.3 Å². The Morgan fingerprint density at radius 2 is 1.77 bits per heavy atom. The van der Waals surface area contributed by atoms with Gasteiger partial charge in [0, 0.05) is 34.6 Å². The van der Waals surface area contributed by atoms with Crippen LogP contribution in [0.2, 0.25) is 0 Å². The van der Waals surface area contributed by atoms with E-state index in [1.54, 1.807) is 13.0 Å². The summed E-state index contributed by atoms with van der Waals surface area (Å²) in [5.41, 5.74) is 5.54. The van der Waals surface area contributed by atoms with Crippen LogP contribution in [0.4, 0.5) is 0 Å². The van der Waals surface area contributed by atoms with E-state index in [0.717, 1.165) is 56.8 Å². The van der Waals surface area contributed by atoms with Crippen molar-refractivity contribution in [1.29, 1.82) is 5.26 Å². The second-order valence-corrected chi connectivity index (χ2v) is 11.1. The standard InChI is InChI=1S/C35H33BrN2O5/c1-24(39)5-4-14-38-21-28-10-12-30(19-33(28)43-22-26-7-2-6-25(17-26)20-37)42-23-29-8-3-9-31(35(29)36)27-11-13-32-34(18-27)41-16-15-40-32/h2-3,6-13,17-19,38H,4-5,14-16,21-23H2,1H3. The van der Waals surface area contributed by atoms with E-state index >= 15 is 0 Å². The van der Waals surface area contributed by atoms with Crippen molar-refractivity contribution >= 4 is 21.7 Å². The molecule has 0 atom stereocenters. The predicted octanol–water partition coefficient (Wildman–Crippen LogP) is 7.38. The Morgan fingerprint density at radius 1 is 0.930 bits per heavy atom. The Bertz CT molecular complexity index is 1630. The van der Waals surface area contributed by atoms with E-state index in [0.29, 0.717) is 56.5 Å². The Hall–Kier alpha value is -4.32. The Balaban J connectivity index is 1.30. The van der Waals surface area contributed by atoms with Crippen molar-refractivity contribution in [3.63, 3.8) is 0 Å². The van der Waals surface area contributed by atoms with Crippen LogP contribution in [-0.4, -0.2) is 25.5 Å². The number of hydrogen-bond donors (Lipinski definition) is 1. The monoisotopic (exact) mass is 640 g/mol. The van der Waals surface area contributed by atoms with Crippen LogP contribution in [0.25, 0.3) is 11.1 Å². The van der Waals surface area contributed by atoms with Crippen molar-refractivity contribution in [1.82, 2.24) is 5.32 Å². The van der Waals surface area contributed by atoms with E-state index in [4.69, 9.17) is 18.9 Å². The summed E-state index contributed by atoms with van der Waals surface area (Å²) >= 11 is 3.80. The van der Waals surface area contributed by atoms with E-state index in [1.165, 1.54) is 0 Å². The zero-order valence-corrected chi connectivity index (χ0v) is 25.6. The Morgan fingerprint density at radius 3 is 2.60 bits per heavy atom. The van der Waals surface area contributed by atoms with Crippen molar-refractivity contribution in [3.05, 3.63) is 106 Å². The van der Waals surface area contributed by atoms with Crippen molar-refractivity contribution in [2.24, 2.45) is 0 Å². The second-order valence-electron chi connectivity index (χ2n) is 10.3. The number of nitrogens with one attached hydrogen (secondary N) is 1. The SMILES string of the molecule is CC(=O)CCCNCc1ccc(OCc2cccc(-c3ccc4c(c3)OCCO4)c2Br)cc1OCc1cccc(C#N)c1. The number of nitrogens with zero attached hydrogens (tertiary/aromatic N) is 1. The lowest BCUT2D eigenvalue weighted by Gasteiger charge is -2.19. The number of benzene rings is 4. The van der Waals surface area contributed by atoms with Crippen LogP contribution >= 0.6 is 15.9 Å². The van der Waals surface area contributed by atoms with E-state index < -0.39 is 0 Å². The van der Waals surface area contributed by atoms with Gasteiger partial charge in [-0.25, -0.2) is 0 Å². The molecular formula is C35H33BrN2O5. The fraction of sp³-hybridized carbons (Fsp3) is 0.257. The first-order valence-corrected chi connectivity index (χ1v) is 15.0. The van der Waals surface area contributed by atoms with Gasteiger partial charge in [0.2, 0.25) is 0 Å². The van der Waals surface area contributed by atoms with Crippen LogP contribution in [0, 0.1) is 11.3 Å². The molecular weight excluding hydrogens is 608 g/mol. The van der Waals surface area contributed by atoms with Gasteiger partial charge in [-0.2, -0.15) is 5.26 Å². The van der Waals surface area contributed by atoms with Crippen LogP contribution < -0.4 is 24.3 Å². The number of carbonyl (C=O) groups excluding carboxylic acids is 1. The van der Waals surface area contributed by atoms with Gasteiger partial charge in [0.15, 0.2) is 11.5 Å². The molecule has 0 saturated heterocycles. The smallest absolute Gasteiger partial charge is 0.161 e. The molecule has 43 heavy (non-hydrogen) atoms. The molecule has 8 heteroatoms. The van der Waals surface area contributed by atoms with Crippen molar-refractivity contribution in [2.45, 2.75) is 39.5 Å². The largest absolute Gasteiger partial charge is 0.489 e. The lowest BCUT2D eigenvalue weighted by molar-refractivity contribution is -0.117. The number of halogens is 1. The molecule has 0 saturated carbocycles. The molecule has 220 valence electrons. The Labute approximate surface area is 260 Å². The first kappa shape index (κ1) is 30.1. The highest BCUT2D eigenvalue weighted by atomic mass is 79.9. The second kappa shape index (κ2) is 14.7. The summed E-state index contributed by atoms with van der Waals surface area (Å²) in [5, 5.41) is 12.7. The lowest BCUT2D eigenvalue weighted by atomic mass is 10.0. The number of nitriles is 1. The Kier molecular flexibility index (Phi) is 10.3. The summed E-state index contributed by atoms with van der Waals surface area (Å²) in [6.07, 6.45) is 1.34. The van der Waals surface area contributed by atoms with Gasteiger partial charge in [-0.15, -0.1) is 0 Å². The van der Waals surface area contributed by atoms with Gasteiger partial charge in [0.25, 0.3) is 0 Å². The first-order valence-electron chi connectivity index (χ1n) is 14.3. The summed E-state index contributed by atoms with van der Waals surface area (Å²) in [4.78, 5) is 11.3. The molecule has 1 heterocycles. The number of carbonyl (C=O) groups is 1. The topological polar surface area (TPSA) is 89.8 Å². The fourth-order valence-electron chi connectivity index (χ4n) is 4.77. The van der Waals surface area contributed by atoms with Crippen molar-refractivity contribution < 1.29 is 23.7 Å². The number of Topliss-reactive ketones (excluding diaryl/α,β-unsaturated/α-hetero) is 1. The molecule has 5 rings (SSSR count). The molecule has 0 aliphatic carbocycles. The minimum atomic E-state index is 0.190. The zero-order valence-electron chi connectivity index (χ0n) is 24.0. The number of ketones is 1. The van der Waals surface area contributed by atoms with Gasteiger partial charge in [0.1, 0.15) is 43.7 Å². The van der Waals surface area contributed by atoms with Crippen molar-refractivity contribution in [2.75, 3.05) is 19.8 Å². The van der Waals surface area contributed by atoms with E-state index in [9.17, 15) is 10.1 Å². The number of fused-ring (bicyclic) bond motifs is 1. The summed E-state index contributed by atoms with van der Waals surface area (Å²) in [6.45, 7) is 4.70. The highest BCUT2D eigenvalue weighted by Gasteiger charge is 2.15. The predicted molar refractivity (Wildman–Crippen MR) is 168 cm³/mol. The first-order chi connectivity index (χ1) is 21.0. The van der Waals surface area contributed by atoms with E-state index in [2.05, 4.69) is 33.4 Å². The molecule has 4 aromatic carbocycles. The van der Waals surface area contributed by atoms with E-state index in [-0.39, 0.29) is 5.78 Å². The molecule has 7 nitrogen and oxygen atoms in total. The average Bonchev–Trinajstić information content (AvgIpc) is 3.03.